The second kappa shape index (κ2) is 9.63. The molecule has 0 spiro atoms. The molecule has 0 saturated carbocycles. The summed E-state index contributed by atoms with van der Waals surface area (Å²) in [5, 5.41) is 13.6. The summed E-state index contributed by atoms with van der Waals surface area (Å²) in [6, 6.07) is -0.489. The smallest absolute Gasteiger partial charge is 0.334 e. The third-order valence-corrected chi connectivity index (χ3v) is 2.18. The summed E-state index contributed by atoms with van der Waals surface area (Å²) in [4.78, 5) is 22.0. The number of carboxylic acids is 1. The van der Waals surface area contributed by atoms with Crippen LogP contribution in [0.1, 0.15) is 0 Å². The average Bonchev–Trinajstić information content (AvgIpc) is 2.34. The Balaban J connectivity index is 3.86. The summed E-state index contributed by atoms with van der Waals surface area (Å²) >= 11 is 0. The molecule has 2 amide bonds. The maximum absolute atomic E-state index is 11.3. The minimum absolute atomic E-state index is 0.112. The first-order chi connectivity index (χ1) is 8.54. The van der Waals surface area contributed by atoms with Gasteiger partial charge in [0.05, 0.1) is 19.3 Å². The van der Waals surface area contributed by atoms with Gasteiger partial charge >= 0.3 is 12.0 Å². The molecular formula is C10H20N2O6. The topological polar surface area (TPSA) is 106 Å². The van der Waals surface area contributed by atoms with Crippen LogP contribution in [-0.2, 0) is 19.0 Å². The Hall–Kier alpha value is -1.38. The van der Waals surface area contributed by atoms with Gasteiger partial charge in [0.1, 0.15) is 0 Å². The molecule has 2 atom stereocenters. The van der Waals surface area contributed by atoms with Crippen molar-refractivity contribution in [2.75, 3.05) is 41.0 Å². The van der Waals surface area contributed by atoms with E-state index in [1.807, 2.05) is 0 Å². The first-order valence-electron chi connectivity index (χ1n) is 5.34. The first kappa shape index (κ1) is 16.6. The van der Waals surface area contributed by atoms with Crippen molar-refractivity contribution in [3.05, 3.63) is 0 Å². The Morgan fingerprint density at radius 3 is 2.17 bits per heavy atom. The highest BCUT2D eigenvalue weighted by atomic mass is 16.5. The molecule has 3 N–H and O–H groups in total. The van der Waals surface area contributed by atoms with Crippen molar-refractivity contribution in [1.29, 1.82) is 0 Å². The predicted octanol–water partition coefficient (Wildman–Crippen LogP) is -0.953. The molecule has 18 heavy (non-hydrogen) atoms. The maximum atomic E-state index is 11.3. The van der Waals surface area contributed by atoms with Crippen molar-refractivity contribution >= 4 is 12.0 Å². The number of aliphatic carboxylic acids is 1. The van der Waals surface area contributed by atoms with E-state index in [0.29, 0.717) is 6.61 Å². The van der Waals surface area contributed by atoms with Crippen LogP contribution in [0.4, 0.5) is 4.79 Å². The van der Waals surface area contributed by atoms with Crippen molar-refractivity contribution in [3.63, 3.8) is 0 Å². The van der Waals surface area contributed by atoms with Gasteiger partial charge in [0.25, 0.3) is 0 Å². The number of carboxylic acid groups (broad SMARTS) is 1. The third-order valence-electron chi connectivity index (χ3n) is 2.18. The zero-order chi connectivity index (χ0) is 14.0. The van der Waals surface area contributed by atoms with Crippen molar-refractivity contribution in [3.8, 4) is 0 Å². The lowest BCUT2D eigenvalue weighted by atomic mass is 10.3. The van der Waals surface area contributed by atoms with Crippen LogP contribution < -0.4 is 10.6 Å². The average molecular weight is 264 g/mol. The Bertz CT molecular complexity index is 261. The Morgan fingerprint density at radius 1 is 1.11 bits per heavy atom. The first-order valence-corrected chi connectivity index (χ1v) is 5.34. The number of carbonyl (C=O) groups is 2. The van der Waals surface area contributed by atoms with Gasteiger partial charge in [0.2, 0.25) is 0 Å². The lowest BCUT2D eigenvalue weighted by Crippen LogP contribution is -2.45. The van der Waals surface area contributed by atoms with Crippen molar-refractivity contribution < 1.29 is 28.9 Å². The van der Waals surface area contributed by atoms with Gasteiger partial charge in [0.15, 0.2) is 6.10 Å². The summed E-state index contributed by atoms with van der Waals surface area (Å²) < 4.78 is 14.6. The van der Waals surface area contributed by atoms with E-state index in [1.54, 1.807) is 0 Å². The van der Waals surface area contributed by atoms with Gasteiger partial charge in [-0.05, 0) is 0 Å². The molecule has 0 rings (SSSR count). The third kappa shape index (κ3) is 7.05. The van der Waals surface area contributed by atoms with E-state index in [0.717, 1.165) is 0 Å². The SMILES string of the molecule is COCC(CNC(=O)NCC(OC)C(=O)O)OC. The van der Waals surface area contributed by atoms with E-state index < -0.39 is 18.1 Å². The highest BCUT2D eigenvalue weighted by Crippen LogP contribution is 1.89. The Morgan fingerprint density at radius 2 is 1.72 bits per heavy atom. The highest BCUT2D eigenvalue weighted by Gasteiger charge is 2.17. The molecule has 0 aromatic heterocycles. The second-order valence-electron chi connectivity index (χ2n) is 3.47. The zero-order valence-electron chi connectivity index (χ0n) is 10.8. The van der Waals surface area contributed by atoms with Crippen LogP contribution in [0.15, 0.2) is 0 Å². The quantitative estimate of drug-likeness (QED) is 0.495. The van der Waals surface area contributed by atoms with Gasteiger partial charge in [-0.25, -0.2) is 9.59 Å². The van der Waals surface area contributed by atoms with Gasteiger partial charge in [-0.2, -0.15) is 0 Å². The fraction of sp³-hybridized carbons (Fsp3) is 0.800. The summed E-state index contributed by atoms with van der Waals surface area (Å²) in [7, 11) is 4.30. The van der Waals surface area contributed by atoms with Crippen LogP contribution in [-0.4, -0.2) is 70.3 Å². The van der Waals surface area contributed by atoms with Crippen LogP contribution in [0.5, 0.6) is 0 Å². The van der Waals surface area contributed by atoms with E-state index in [9.17, 15) is 9.59 Å². The van der Waals surface area contributed by atoms with Crippen molar-refractivity contribution in [2.24, 2.45) is 0 Å². The minimum Gasteiger partial charge on any atom is -0.479 e. The molecule has 0 aliphatic carbocycles. The van der Waals surface area contributed by atoms with Crippen LogP contribution in [0, 0.1) is 0 Å². The zero-order valence-corrected chi connectivity index (χ0v) is 10.8. The monoisotopic (exact) mass is 264 g/mol. The second-order valence-corrected chi connectivity index (χ2v) is 3.47. The normalized spacial score (nSPS) is 13.7. The maximum Gasteiger partial charge on any atom is 0.334 e. The number of ether oxygens (including phenoxy) is 3. The lowest BCUT2D eigenvalue weighted by Gasteiger charge is -2.16. The Kier molecular flexibility index (Phi) is 8.89. The van der Waals surface area contributed by atoms with Gasteiger partial charge in [-0.15, -0.1) is 0 Å². The number of carbonyl (C=O) groups excluding carboxylic acids is 1. The number of amides is 2. The van der Waals surface area contributed by atoms with Crippen LogP contribution in [0.25, 0.3) is 0 Å². The predicted molar refractivity (Wildman–Crippen MR) is 62.5 cm³/mol. The number of hydrogen-bond donors (Lipinski definition) is 3. The molecule has 0 aliphatic rings. The molecule has 0 fully saturated rings. The minimum atomic E-state index is -1.13. The van der Waals surface area contributed by atoms with E-state index in [-0.39, 0.29) is 19.2 Å². The lowest BCUT2D eigenvalue weighted by molar-refractivity contribution is -0.147. The molecule has 0 heterocycles. The molecule has 2 unspecified atom stereocenters. The molecule has 8 heteroatoms. The molecule has 0 aliphatic heterocycles. The summed E-state index contributed by atoms with van der Waals surface area (Å²) in [5.74, 6) is -1.13. The van der Waals surface area contributed by atoms with E-state index in [1.165, 1.54) is 21.3 Å². The molecule has 0 aromatic rings. The Labute approximate surface area is 106 Å². The largest absolute Gasteiger partial charge is 0.479 e. The summed E-state index contributed by atoms with van der Waals surface area (Å²) in [6.45, 7) is 0.507. The van der Waals surface area contributed by atoms with Crippen LogP contribution in [0.2, 0.25) is 0 Å². The molecule has 8 nitrogen and oxygen atoms in total. The fourth-order valence-corrected chi connectivity index (χ4v) is 1.12. The van der Waals surface area contributed by atoms with Crippen LogP contribution >= 0.6 is 0 Å². The molecule has 0 saturated heterocycles. The molecule has 106 valence electrons. The van der Waals surface area contributed by atoms with E-state index in [2.05, 4.69) is 15.4 Å². The number of urea groups is 1. The van der Waals surface area contributed by atoms with Crippen molar-refractivity contribution in [2.45, 2.75) is 12.2 Å². The number of hydrogen-bond acceptors (Lipinski definition) is 5. The van der Waals surface area contributed by atoms with Gasteiger partial charge in [-0.3, -0.25) is 0 Å². The molecule has 0 radical (unpaired) electrons. The highest BCUT2D eigenvalue weighted by molar-refractivity contribution is 5.76. The number of methoxy groups -OCH3 is 3. The van der Waals surface area contributed by atoms with Gasteiger partial charge in [-0.1, -0.05) is 0 Å². The van der Waals surface area contributed by atoms with E-state index >= 15 is 0 Å². The van der Waals surface area contributed by atoms with Crippen molar-refractivity contribution in [1.82, 2.24) is 10.6 Å². The van der Waals surface area contributed by atoms with Gasteiger partial charge in [0, 0.05) is 27.9 Å². The summed E-state index contributed by atoms with van der Waals surface area (Å²) in [6.07, 6.45) is -1.31. The standard InChI is InChI=1S/C10H20N2O6/c1-16-6-7(17-2)4-11-10(15)12-5-8(18-3)9(13)14/h7-8H,4-6H2,1-3H3,(H,13,14)(H2,11,12,15). The number of rotatable bonds is 9. The molecule has 0 bridgehead atoms. The summed E-state index contributed by atoms with van der Waals surface area (Å²) in [5.41, 5.74) is 0. The van der Waals surface area contributed by atoms with Gasteiger partial charge < -0.3 is 30.0 Å². The fourth-order valence-electron chi connectivity index (χ4n) is 1.12. The molecule has 0 aromatic carbocycles. The number of nitrogens with one attached hydrogen (secondary N) is 2. The van der Waals surface area contributed by atoms with E-state index in [4.69, 9.17) is 14.6 Å². The molecular weight excluding hydrogens is 244 g/mol. The van der Waals surface area contributed by atoms with Crippen LogP contribution in [0.3, 0.4) is 0 Å².